The fraction of sp³-hybridized carbons (Fsp3) is 0.941. The minimum Gasteiger partial charge on any atom is -0.352 e. The smallest absolute Gasteiger partial charge is 0.228 e. The van der Waals surface area contributed by atoms with Gasteiger partial charge in [-0.2, -0.15) is 0 Å². The Labute approximate surface area is 129 Å². The van der Waals surface area contributed by atoms with E-state index in [9.17, 15) is 4.79 Å². The summed E-state index contributed by atoms with van der Waals surface area (Å²) in [7, 11) is 0. The number of hydrogen-bond donors (Lipinski definition) is 2. The van der Waals surface area contributed by atoms with Crippen LogP contribution in [-0.2, 0) is 4.79 Å². The van der Waals surface area contributed by atoms with Crippen molar-refractivity contribution in [2.75, 3.05) is 32.7 Å². The Morgan fingerprint density at radius 1 is 1.29 bits per heavy atom. The molecule has 2 aliphatic heterocycles. The molecule has 3 rings (SSSR count). The van der Waals surface area contributed by atoms with Gasteiger partial charge in [0.1, 0.15) is 0 Å². The Balaban J connectivity index is 1.54. The molecule has 2 saturated heterocycles. The van der Waals surface area contributed by atoms with Crippen LogP contribution in [0, 0.1) is 11.3 Å². The molecule has 1 unspecified atom stereocenters. The summed E-state index contributed by atoms with van der Waals surface area (Å²) in [6.45, 7) is 7.52. The summed E-state index contributed by atoms with van der Waals surface area (Å²) in [6, 6.07) is 0.271. The van der Waals surface area contributed by atoms with Crippen LogP contribution in [0.2, 0.25) is 0 Å². The van der Waals surface area contributed by atoms with Crippen molar-refractivity contribution in [2.45, 2.75) is 57.9 Å². The van der Waals surface area contributed by atoms with E-state index in [0.29, 0.717) is 11.8 Å². The predicted molar refractivity (Wildman–Crippen MR) is 85.2 cm³/mol. The highest BCUT2D eigenvalue weighted by Gasteiger charge is 2.49. The maximum atomic E-state index is 12.9. The second kappa shape index (κ2) is 6.66. The van der Waals surface area contributed by atoms with Gasteiger partial charge in [-0.15, -0.1) is 0 Å². The summed E-state index contributed by atoms with van der Waals surface area (Å²) in [6.07, 6.45) is 8.81. The van der Waals surface area contributed by atoms with Crippen LogP contribution in [-0.4, -0.2) is 49.6 Å². The van der Waals surface area contributed by atoms with E-state index in [1.807, 2.05) is 0 Å². The predicted octanol–water partition coefficient (Wildman–Crippen LogP) is 1.76. The quantitative estimate of drug-likeness (QED) is 0.830. The van der Waals surface area contributed by atoms with Crippen molar-refractivity contribution in [1.82, 2.24) is 15.5 Å². The average molecular weight is 293 g/mol. The summed E-state index contributed by atoms with van der Waals surface area (Å²) >= 11 is 0. The Bertz CT molecular complexity index is 367. The number of nitrogens with zero attached hydrogens (tertiary/aromatic N) is 1. The van der Waals surface area contributed by atoms with Gasteiger partial charge in [0.25, 0.3) is 0 Å². The zero-order chi connectivity index (χ0) is 14.7. The third-order valence-corrected chi connectivity index (χ3v) is 5.85. The Kier molecular flexibility index (Phi) is 4.85. The lowest BCUT2D eigenvalue weighted by atomic mass is 9.67. The van der Waals surface area contributed by atoms with Crippen molar-refractivity contribution in [3.8, 4) is 0 Å². The summed E-state index contributed by atoms with van der Waals surface area (Å²) in [5, 5.41) is 6.81. The number of piperidine rings is 1. The Morgan fingerprint density at radius 3 is 2.90 bits per heavy atom. The van der Waals surface area contributed by atoms with Crippen LogP contribution in [0.3, 0.4) is 0 Å². The minimum atomic E-state index is -0.103. The van der Waals surface area contributed by atoms with Gasteiger partial charge < -0.3 is 15.5 Å². The second-order valence-electron chi connectivity index (χ2n) is 7.47. The maximum absolute atomic E-state index is 12.9. The fourth-order valence-corrected chi connectivity index (χ4v) is 4.63. The number of carbonyl (C=O) groups is 1. The molecule has 0 aromatic rings. The number of rotatable bonds is 4. The molecular weight excluding hydrogens is 262 g/mol. The van der Waals surface area contributed by atoms with E-state index in [2.05, 4.69) is 22.5 Å². The number of carbonyl (C=O) groups excluding carboxylic acids is 1. The molecular formula is C17H31N3O. The zero-order valence-corrected chi connectivity index (χ0v) is 13.5. The lowest BCUT2D eigenvalue weighted by molar-refractivity contribution is -0.134. The molecule has 3 atom stereocenters. The molecule has 0 spiro atoms. The first kappa shape index (κ1) is 15.3. The van der Waals surface area contributed by atoms with E-state index in [1.165, 1.54) is 51.6 Å². The topological polar surface area (TPSA) is 44.4 Å². The molecule has 1 amide bonds. The molecule has 0 radical (unpaired) electrons. The highest BCUT2D eigenvalue weighted by atomic mass is 16.2. The van der Waals surface area contributed by atoms with E-state index in [1.54, 1.807) is 0 Å². The normalized spacial score (nSPS) is 35.2. The highest BCUT2D eigenvalue weighted by molar-refractivity contribution is 5.84. The molecule has 2 heterocycles. The lowest BCUT2D eigenvalue weighted by Gasteiger charge is -2.38. The van der Waals surface area contributed by atoms with Crippen molar-refractivity contribution in [3.05, 3.63) is 0 Å². The SMILES string of the molecule is CC(CN1CCCCC1)NC(=O)[C@@]12CCCC[C@H]1CNC2. The van der Waals surface area contributed by atoms with Gasteiger partial charge in [0, 0.05) is 19.1 Å². The van der Waals surface area contributed by atoms with Crippen LogP contribution < -0.4 is 10.6 Å². The molecule has 2 N–H and O–H groups in total. The van der Waals surface area contributed by atoms with E-state index < -0.39 is 0 Å². The zero-order valence-electron chi connectivity index (χ0n) is 13.5. The van der Waals surface area contributed by atoms with E-state index in [0.717, 1.165) is 26.1 Å². The molecule has 4 heteroatoms. The molecule has 4 nitrogen and oxygen atoms in total. The molecule has 21 heavy (non-hydrogen) atoms. The summed E-state index contributed by atoms with van der Waals surface area (Å²) in [5.41, 5.74) is -0.103. The first-order valence-electron chi connectivity index (χ1n) is 8.95. The van der Waals surface area contributed by atoms with Crippen LogP contribution in [0.4, 0.5) is 0 Å². The van der Waals surface area contributed by atoms with Gasteiger partial charge in [-0.05, 0) is 58.2 Å². The van der Waals surface area contributed by atoms with Gasteiger partial charge >= 0.3 is 0 Å². The number of hydrogen-bond acceptors (Lipinski definition) is 3. The standard InChI is InChI=1S/C17H31N3O/c1-14(12-20-9-5-2-6-10-20)19-16(21)17-8-4-3-7-15(17)11-18-13-17/h14-15,18H,2-13H2,1H3,(H,19,21)/t14?,15-,17+/m0/s1. The van der Waals surface area contributed by atoms with Crippen molar-refractivity contribution < 1.29 is 4.79 Å². The number of amides is 1. The largest absolute Gasteiger partial charge is 0.352 e. The number of fused-ring (bicyclic) bond motifs is 1. The van der Waals surface area contributed by atoms with Gasteiger partial charge in [-0.25, -0.2) is 0 Å². The van der Waals surface area contributed by atoms with Crippen molar-refractivity contribution >= 4 is 5.91 Å². The summed E-state index contributed by atoms with van der Waals surface area (Å²) in [5.74, 6) is 0.884. The molecule has 1 saturated carbocycles. The van der Waals surface area contributed by atoms with Gasteiger partial charge in [-0.1, -0.05) is 19.3 Å². The van der Waals surface area contributed by atoms with Crippen LogP contribution in [0.15, 0.2) is 0 Å². The molecule has 3 fully saturated rings. The van der Waals surface area contributed by atoms with Gasteiger partial charge in [-0.3, -0.25) is 4.79 Å². The minimum absolute atomic E-state index is 0.103. The van der Waals surface area contributed by atoms with Crippen LogP contribution >= 0.6 is 0 Å². The van der Waals surface area contributed by atoms with Gasteiger partial charge in [0.05, 0.1) is 5.41 Å². The van der Waals surface area contributed by atoms with Crippen molar-refractivity contribution in [3.63, 3.8) is 0 Å². The van der Waals surface area contributed by atoms with Crippen LogP contribution in [0.25, 0.3) is 0 Å². The van der Waals surface area contributed by atoms with Gasteiger partial charge in [0.2, 0.25) is 5.91 Å². The van der Waals surface area contributed by atoms with E-state index in [4.69, 9.17) is 0 Å². The summed E-state index contributed by atoms with van der Waals surface area (Å²) < 4.78 is 0. The molecule has 0 aromatic carbocycles. The molecule has 3 aliphatic rings. The molecule has 1 aliphatic carbocycles. The van der Waals surface area contributed by atoms with Crippen molar-refractivity contribution in [2.24, 2.45) is 11.3 Å². The summed E-state index contributed by atoms with van der Waals surface area (Å²) in [4.78, 5) is 15.4. The fourth-order valence-electron chi connectivity index (χ4n) is 4.63. The lowest BCUT2D eigenvalue weighted by Crippen LogP contribution is -2.52. The van der Waals surface area contributed by atoms with Gasteiger partial charge in [0.15, 0.2) is 0 Å². The number of nitrogens with one attached hydrogen (secondary N) is 2. The molecule has 120 valence electrons. The molecule has 0 bridgehead atoms. The highest BCUT2D eigenvalue weighted by Crippen LogP contribution is 2.43. The Hall–Kier alpha value is -0.610. The third-order valence-electron chi connectivity index (χ3n) is 5.85. The van der Waals surface area contributed by atoms with Crippen molar-refractivity contribution in [1.29, 1.82) is 0 Å². The Morgan fingerprint density at radius 2 is 2.10 bits per heavy atom. The average Bonchev–Trinajstić information content (AvgIpc) is 2.93. The second-order valence-corrected chi connectivity index (χ2v) is 7.47. The maximum Gasteiger partial charge on any atom is 0.228 e. The number of likely N-dealkylation sites (tertiary alicyclic amines) is 1. The monoisotopic (exact) mass is 293 g/mol. The first-order valence-corrected chi connectivity index (χ1v) is 8.95. The van der Waals surface area contributed by atoms with E-state index in [-0.39, 0.29) is 11.5 Å². The van der Waals surface area contributed by atoms with Crippen LogP contribution in [0.1, 0.15) is 51.9 Å². The van der Waals surface area contributed by atoms with Crippen LogP contribution in [0.5, 0.6) is 0 Å². The molecule has 0 aromatic heterocycles. The van der Waals surface area contributed by atoms with E-state index >= 15 is 0 Å². The first-order chi connectivity index (χ1) is 10.2. The third kappa shape index (κ3) is 3.26.